The molecule has 0 radical (unpaired) electrons. The maximum absolute atomic E-state index is 11.4. The Morgan fingerprint density at radius 2 is 2.33 bits per heavy atom. The predicted molar refractivity (Wildman–Crippen MR) is 68.5 cm³/mol. The summed E-state index contributed by atoms with van der Waals surface area (Å²) >= 11 is 0. The minimum atomic E-state index is -0.863. The van der Waals surface area contributed by atoms with Gasteiger partial charge in [0.15, 0.2) is 0 Å². The molecule has 0 unspecified atom stereocenters. The Bertz CT molecular complexity index is 459. The summed E-state index contributed by atoms with van der Waals surface area (Å²) < 4.78 is 10.1. The van der Waals surface area contributed by atoms with Crippen LogP contribution in [0.1, 0.15) is 30.0 Å². The second kappa shape index (κ2) is 5.54. The first-order chi connectivity index (χ1) is 8.61. The highest BCUT2D eigenvalue weighted by molar-refractivity contribution is 6.62. The van der Waals surface area contributed by atoms with Crippen LogP contribution in [0.4, 0.5) is 0 Å². The third kappa shape index (κ3) is 2.74. The van der Waals surface area contributed by atoms with Gasteiger partial charge in [0.2, 0.25) is 0 Å². The molecule has 1 heterocycles. The lowest BCUT2D eigenvalue weighted by atomic mass is 9.74. The Hall–Kier alpha value is -1.33. The summed E-state index contributed by atoms with van der Waals surface area (Å²) in [7, 11) is -0.863. The fraction of sp³-hybridized carbons (Fsp3) is 0.462. The monoisotopic (exact) mass is 248 g/mol. The van der Waals surface area contributed by atoms with Crippen LogP contribution in [0, 0.1) is 6.92 Å². The molecule has 0 atom stereocenters. The number of benzene rings is 1. The van der Waals surface area contributed by atoms with Crippen LogP contribution in [-0.2, 0) is 27.2 Å². The summed E-state index contributed by atoms with van der Waals surface area (Å²) in [6.45, 7) is 4.62. The number of esters is 1. The molecule has 0 amide bonds. The molecule has 0 fully saturated rings. The van der Waals surface area contributed by atoms with E-state index in [1.807, 2.05) is 19.1 Å². The van der Waals surface area contributed by atoms with Gasteiger partial charge in [0.1, 0.15) is 0 Å². The lowest BCUT2D eigenvalue weighted by Crippen LogP contribution is -2.32. The largest absolute Gasteiger partial charge is 0.492 e. The van der Waals surface area contributed by atoms with Crippen molar-refractivity contribution in [3.05, 3.63) is 28.8 Å². The molecule has 0 saturated carbocycles. The van der Waals surface area contributed by atoms with E-state index in [0.29, 0.717) is 26.1 Å². The highest BCUT2D eigenvalue weighted by Gasteiger charge is 2.30. The van der Waals surface area contributed by atoms with E-state index in [9.17, 15) is 9.82 Å². The number of carbonyl (C=O) groups is 1. The molecule has 1 aliphatic rings. The van der Waals surface area contributed by atoms with E-state index in [2.05, 4.69) is 0 Å². The minimum Gasteiger partial charge on any atom is -0.466 e. The lowest BCUT2D eigenvalue weighted by molar-refractivity contribution is -0.143. The third-order valence-corrected chi connectivity index (χ3v) is 3.04. The van der Waals surface area contributed by atoms with Crippen LogP contribution in [0.5, 0.6) is 0 Å². The summed E-state index contributed by atoms with van der Waals surface area (Å²) in [5, 5.41) is 9.78. The Balaban J connectivity index is 2.15. The van der Waals surface area contributed by atoms with Gasteiger partial charge < -0.3 is 14.4 Å². The van der Waals surface area contributed by atoms with E-state index < -0.39 is 7.12 Å². The van der Waals surface area contributed by atoms with E-state index in [-0.39, 0.29) is 5.97 Å². The zero-order valence-electron chi connectivity index (χ0n) is 10.7. The second-order valence-corrected chi connectivity index (χ2v) is 4.47. The standard InChI is InChI=1S/C13H17BO4/c1-3-17-12(15)5-4-10-6-9(2)7-11-8-18-14(16)13(10)11/h6-7,16H,3-5,8H2,1-2H3. The second-order valence-electron chi connectivity index (χ2n) is 4.47. The van der Waals surface area contributed by atoms with E-state index >= 15 is 0 Å². The van der Waals surface area contributed by atoms with Gasteiger partial charge in [-0.1, -0.05) is 17.7 Å². The molecule has 18 heavy (non-hydrogen) atoms. The van der Waals surface area contributed by atoms with Gasteiger partial charge in [-0.15, -0.1) is 0 Å². The molecule has 0 spiro atoms. The van der Waals surface area contributed by atoms with E-state index in [0.717, 1.165) is 22.2 Å². The summed E-state index contributed by atoms with van der Waals surface area (Å²) in [4.78, 5) is 11.4. The number of carbonyl (C=O) groups excluding carboxylic acids is 1. The first kappa shape index (κ1) is 13.1. The van der Waals surface area contributed by atoms with Crippen LogP contribution < -0.4 is 5.46 Å². The molecule has 0 bridgehead atoms. The van der Waals surface area contributed by atoms with Crippen molar-refractivity contribution < 1.29 is 19.2 Å². The summed E-state index contributed by atoms with van der Waals surface area (Å²) in [5.41, 5.74) is 3.93. The van der Waals surface area contributed by atoms with E-state index in [1.54, 1.807) is 6.92 Å². The first-order valence-electron chi connectivity index (χ1n) is 6.19. The molecule has 0 aromatic heterocycles. The summed E-state index contributed by atoms with van der Waals surface area (Å²) in [5.74, 6) is -0.207. The fourth-order valence-electron chi connectivity index (χ4n) is 2.32. The number of hydrogen-bond acceptors (Lipinski definition) is 4. The van der Waals surface area contributed by atoms with Gasteiger partial charge in [0.05, 0.1) is 13.2 Å². The molecule has 96 valence electrons. The van der Waals surface area contributed by atoms with Gasteiger partial charge >= 0.3 is 13.1 Å². The molecule has 4 nitrogen and oxygen atoms in total. The number of hydrogen-bond donors (Lipinski definition) is 1. The van der Waals surface area contributed by atoms with Gasteiger partial charge in [-0.3, -0.25) is 4.79 Å². The summed E-state index contributed by atoms with van der Waals surface area (Å²) in [6, 6.07) is 4.01. The van der Waals surface area contributed by atoms with Crippen molar-refractivity contribution in [1.82, 2.24) is 0 Å². The van der Waals surface area contributed by atoms with E-state index in [4.69, 9.17) is 9.39 Å². The van der Waals surface area contributed by atoms with Crippen LogP contribution in [0.25, 0.3) is 0 Å². The predicted octanol–water partition coefficient (Wildman–Crippen LogP) is 0.708. The maximum atomic E-state index is 11.4. The normalized spacial score (nSPS) is 13.6. The van der Waals surface area contributed by atoms with Gasteiger partial charge in [-0.05, 0) is 36.9 Å². The smallest absolute Gasteiger partial charge is 0.466 e. The zero-order valence-corrected chi connectivity index (χ0v) is 10.7. The Labute approximate surface area is 107 Å². The average Bonchev–Trinajstić information content (AvgIpc) is 2.68. The van der Waals surface area contributed by atoms with Crippen LogP contribution in [0.3, 0.4) is 0 Å². The number of rotatable bonds is 4. The van der Waals surface area contributed by atoms with Gasteiger partial charge in [0.25, 0.3) is 0 Å². The van der Waals surface area contributed by atoms with Crippen LogP contribution in [0.15, 0.2) is 12.1 Å². The van der Waals surface area contributed by atoms with Crippen LogP contribution in [-0.4, -0.2) is 24.7 Å². The molecule has 0 aliphatic carbocycles. The third-order valence-electron chi connectivity index (χ3n) is 3.04. The molecule has 1 aliphatic heterocycles. The quantitative estimate of drug-likeness (QED) is 0.629. The lowest BCUT2D eigenvalue weighted by Gasteiger charge is -2.09. The van der Waals surface area contributed by atoms with Crippen molar-refractivity contribution in [2.24, 2.45) is 0 Å². The Kier molecular flexibility index (Phi) is 4.04. The molecular weight excluding hydrogens is 231 g/mol. The molecular formula is C13H17BO4. The molecule has 5 heteroatoms. The zero-order chi connectivity index (χ0) is 13.1. The molecule has 1 aromatic carbocycles. The molecule has 0 saturated heterocycles. The first-order valence-corrected chi connectivity index (χ1v) is 6.19. The molecule has 1 aromatic rings. The molecule has 1 N–H and O–H groups in total. The Morgan fingerprint density at radius 3 is 3.06 bits per heavy atom. The van der Waals surface area contributed by atoms with Crippen molar-refractivity contribution in [1.29, 1.82) is 0 Å². The summed E-state index contributed by atoms with van der Waals surface area (Å²) in [6.07, 6.45) is 0.902. The molecule has 2 rings (SSSR count). The van der Waals surface area contributed by atoms with Gasteiger partial charge in [0, 0.05) is 6.42 Å². The fourth-order valence-corrected chi connectivity index (χ4v) is 2.32. The number of aryl methyl sites for hydroxylation is 2. The average molecular weight is 248 g/mol. The van der Waals surface area contributed by atoms with Crippen LogP contribution in [0.2, 0.25) is 0 Å². The van der Waals surface area contributed by atoms with Gasteiger partial charge in [-0.2, -0.15) is 0 Å². The van der Waals surface area contributed by atoms with Crippen molar-refractivity contribution >= 4 is 18.6 Å². The maximum Gasteiger partial charge on any atom is 0.492 e. The van der Waals surface area contributed by atoms with E-state index in [1.165, 1.54) is 0 Å². The topological polar surface area (TPSA) is 55.8 Å². The van der Waals surface area contributed by atoms with Crippen molar-refractivity contribution in [2.75, 3.05) is 6.61 Å². The number of ether oxygens (including phenoxy) is 1. The van der Waals surface area contributed by atoms with Gasteiger partial charge in [-0.25, -0.2) is 0 Å². The minimum absolute atomic E-state index is 0.207. The van der Waals surface area contributed by atoms with Crippen LogP contribution >= 0.6 is 0 Å². The Morgan fingerprint density at radius 1 is 1.56 bits per heavy atom. The highest BCUT2D eigenvalue weighted by atomic mass is 16.5. The van der Waals surface area contributed by atoms with Crippen molar-refractivity contribution in [3.8, 4) is 0 Å². The van der Waals surface area contributed by atoms with Crippen molar-refractivity contribution in [2.45, 2.75) is 33.3 Å². The highest BCUT2D eigenvalue weighted by Crippen LogP contribution is 2.16. The SMILES string of the molecule is CCOC(=O)CCc1cc(C)cc2c1B(O)OC2. The number of fused-ring (bicyclic) bond motifs is 1. The van der Waals surface area contributed by atoms with Crippen molar-refractivity contribution in [3.63, 3.8) is 0 Å².